The SMILES string of the molecule is COC1CN(C(=O)c2cc(C)ccc2C)CC1Oc1cccc(NS(=O)(=O)N2C[C@@H]3C[C@H]3C2)c1. The van der Waals surface area contributed by atoms with E-state index in [-0.39, 0.29) is 18.1 Å². The molecule has 5 rings (SSSR count). The fraction of sp³-hybridized carbons (Fsp3) is 0.480. The van der Waals surface area contributed by atoms with Gasteiger partial charge in [0.15, 0.2) is 0 Å². The van der Waals surface area contributed by atoms with Gasteiger partial charge in [-0.2, -0.15) is 12.7 Å². The van der Waals surface area contributed by atoms with Crippen LogP contribution >= 0.6 is 0 Å². The molecular weight excluding hydrogens is 454 g/mol. The Hall–Kier alpha value is -2.62. The predicted molar refractivity (Wildman–Crippen MR) is 129 cm³/mol. The number of anilines is 1. The minimum Gasteiger partial charge on any atom is -0.486 e. The van der Waals surface area contributed by atoms with E-state index in [4.69, 9.17) is 9.47 Å². The molecule has 9 heteroatoms. The van der Waals surface area contributed by atoms with Gasteiger partial charge in [-0.05, 0) is 55.9 Å². The number of hydrogen-bond donors (Lipinski definition) is 1. The van der Waals surface area contributed by atoms with E-state index in [1.807, 2.05) is 32.0 Å². The largest absolute Gasteiger partial charge is 0.486 e. The van der Waals surface area contributed by atoms with Crippen LogP contribution in [0.15, 0.2) is 42.5 Å². The predicted octanol–water partition coefficient (Wildman–Crippen LogP) is 2.83. The Morgan fingerprint density at radius 3 is 2.47 bits per heavy atom. The van der Waals surface area contributed by atoms with Gasteiger partial charge in [0.05, 0.1) is 18.8 Å². The van der Waals surface area contributed by atoms with E-state index in [9.17, 15) is 13.2 Å². The highest BCUT2D eigenvalue weighted by atomic mass is 32.2. The maximum absolute atomic E-state index is 13.2. The quantitative estimate of drug-likeness (QED) is 0.652. The van der Waals surface area contributed by atoms with Gasteiger partial charge < -0.3 is 14.4 Å². The molecule has 0 spiro atoms. The van der Waals surface area contributed by atoms with Crippen LogP contribution in [-0.2, 0) is 14.9 Å². The first kappa shape index (κ1) is 23.1. The molecule has 1 amide bonds. The molecule has 0 radical (unpaired) electrons. The molecule has 2 aromatic rings. The number of fused-ring (bicyclic) bond motifs is 1. The molecule has 3 fully saturated rings. The Kier molecular flexibility index (Phi) is 6.03. The summed E-state index contributed by atoms with van der Waals surface area (Å²) in [4.78, 5) is 14.9. The van der Waals surface area contributed by atoms with Gasteiger partial charge in [0.1, 0.15) is 18.0 Å². The Balaban J connectivity index is 1.26. The van der Waals surface area contributed by atoms with E-state index in [1.165, 1.54) is 4.31 Å². The fourth-order valence-electron chi connectivity index (χ4n) is 4.96. The number of aryl methyl sites for hydroxylation is 2. The van der Waals surface area contributed by atoms with Crippen LogP contribution < -0.4 is 9.46 Å². The second kappa shape index (κ2) is 8.87. The van der Waals surface area contributed by atoms with E-state index in [0.29, 0.717) is 55.0 Å². The third-order valence-corrected chi connectivity index (χ3v) is 8.55. The van der Waals surface area contributed by atoms with Gasteiger partial charge >= 0.3 is 10.2 Å². The summed E-state index contributed by atoms with van der Waals surface area (Å²) in [5, 5.41) is 0. The summed E-state index contributed by atoms with van der Waals surface area (Å²) >= 11 is 0. The first-order valence-electron chi connectivity index (χ1n) is 11.7. The summed E-state index contributed by atoms with van der Waals surface area (Å²) in [5.74, 6) is 1.53. The highest BCUT2D eigenvalue weighted by Gasteiger charge is 2.48. The van der Waals surface area contributed by atoms with E-state index in [0.717, 1.165) is 17.5 Å². The van der Waals surface area contributed by atoms with Crippen LogP contribution in [-0.4, -0.2) is 69.0 Å². The molecule has 1 aliphatic carbocycles. The number of rotatable bonds is 7. The third kappa shape index (κ3) is 4.64. The molecule has 2 aliphatic heterocycles. The summed E-state index contributed by atoms with van der Waals surface area (Å²) in [6.07, 6.45) is 0.489. The van der Waals surface area contributed by atoms with Crippen LogP contribution in [0.2, 0.25) is 0 Å². The Labute approximate surface area is 201 Å². The number of carbonyl (C=O) groups excluding carboxylic acids is 1. The first-order chi connectivity index (χ1) is 16.2. The smallest absolute Gasteiger partial charge is 0.301 e. The maximum Gasteiger partial charge on any atom is 0.301 e. The van der Waals surface area contributed by atoms with E-state index in [1.54, 1.807) is 36.3 Å². The van der Waals surface area contributed by atoms with Crippen molar-refractivity contribution in [1.82, 2.24) is 9.21 Å². The number of likely N-dealkylation sites (tertiary alicyclic amines) is 1. The highest BCUT2D eigenvalue weighted by Crippen LogP contribution is 2.45. The van der Waals surface area contributed by atoms with Gasteiger partial charge in [-0.3, -0.25) is 9.52 Å². The van der Waals surface area contributed by atoms with Crippen molar-refractivity contribution in [3.05, 3.63) is 59.2 Å². The molecule has 34 heavy (non-hydrogen) atoms. The van der Waals surface area contributed by atoms with Gasteiger partial charge in [-0.1, -0.05) is 23.8 Å². The van der Waals surface area contributed by atoms with E-state index >= 15 is 0 Å². The molecule has 4 atom stereocenters. The summed E-state index contributed by atoms with van der Waals surface area (Å²) in [5.41, 5.74) is 3.11. The van der Waals surface area contributed by atoms with E-state index in [2.05, 4.69) is 4.72 Å². The number of hydrogen-bond acceptors (Lipinski definition) is 5. The summed E-state index contributed by atoms with van der Waals surface area (Å²) in [6, 6.07) is 12.8. The second-order valence-electron chi connectivity index (χ2n) is 9.67. The first-order valence-corrected chi connectivity index (χ1v) is 13.1. The molecule has 182 valence electrons. The molecule has 8 nitrogen and oxygen atoms in total. The number of nitrogens with zero attached hydrogens (tertiary/aromatic N) is 2. The average Bonchev–Trinajstić information content (AvgIpc) is 3.21. The molecule has 2 heterocycles. The normalized spacial score (nSPS) is 26.4. The van der Waals surface area contributed by atoms with Crippen molar-refractivity contribution < 1.29 is 22.7 Å². The molecule has 1 N–H and O–H groups in total. The van der Waals surface area contributed by atoms with Crippen molar-refractivity contribution in [3.8, 4) is 5.75 Å². The van der Waals surface area contributed by atoms with Crippen molar-refractivity contribution >= 4 is 21.8 Å². The zero-order valence-corrected chi connectivity index (χ0v) is 20.5. The molecule has 3 aliphatic rings. The van der Waals surface area contributed by atoms with Crippen LogP contribution in [0.25, 0.3) is 0 Å². The number of benzene rings is 2. The van der Waals surface area contributed by atoms with E-state index < -0.39 is 10.2 Å². The summed E-state index contributed by atoms with van der Waals surface area (Å²) in [7, 11) is -1.97. The Morgan fingerprint density at radius 2 is 1.74 bits per heavy atom. The Morgan fingerprint density at radius 1 is 1.00 bits per heavy atom. The monoisotopic (exact) mass is 485 g/mol. The number of amides is 1. The summed E-state index contributed by atoms with van der Waals surface area (Å²) < 4.78 is 41.5. The average molecular weight is 486 g/mol. The number of carbonyl (C=O) groups is 1. The second-order valence-corrected chi connectivity index (χ2v) is 11.3. The van der Waals surface area contributed by atoms with Crippen molar-refractivity contribution in [2.75, 3.05) is 38.0 Å². The van der Waals surface area contributed by atoms with Crippen molar-refractivity contribution in [1.29, 1.82) is 0 Å². The number of piperidine rings is 1. The molecule has 0 bridgehead atoms. The van der Waals surface area contributed by atoms with Crippen molar-refractivity contribution in [3.63, 3.8) is 0 Å². The summed E-state index contributed by atoms with van der Waals surface area (Å²) in [6.45, 7) is 5.91. The Bertz CT molecular complexity index is 1190. The minimum absolute atomic E-state index is 0.0421. The molecule has 0 aromatic heterocycles. The van der Waals surface area contributed by atoms with Crippen molar-refractivity contribution in [2.45, 2.75) is 32.5 Å². The number of nitrogens with one attached hydrogen (secondary N) is 1. The van der Waals surface area contributed by atoms with Gasteiger partial charge in [0, 0.05) is 31.8 Å². The highest BCUT2D eigenvalue weighted by molar-refractivity contribution is 7.90. The van der Waals surface area contributed by atoms with Crippen LogP contribution in [0, 0.1) is 25.7 Å². The lowest BCUT2D eigenvalue weighted by Gasteiger charge is -2.21. The lowest BCUT2D eigenvalue weighted by atomic mass is 10.0. The lowest BCUT2D eigenvalue weighted by molar-refractivity contribution is 0.0340. The van der Waals surface area contributed by atoms with Crippen molar-refractivity contribution in [2.24, 2.45) is 11.8 Å². The fourth-order valence-corrected chi connectivity index (χ4v) is 6.29. The van der Waals surface area contributed by atoms with Crippen LogP contribution in [0.4, 0.5) is 5.69 Å². The maximum atomic E-state index is 13.2. The molecule has 2 saturated heterocycles. The lowest BCUT2D eigenvalue weighted by Crippen LogP contribution is -2.35. The standard InChI is InChI=1S/C25H31N3O5S/c1-16-7-8-17(2)22(9-16)25(29)27-14-23(32-3)24(15-27)33-21-6-4-5-20(11-21)26-34(30,31)28-12-18-10-19(18)13-28/h4-9,11,18-19,23-24,26H,10,12-15H2,1-3H3/t18-,19-,23?,24?/m0/s1. The number of ether oxygens (including phenoxy) is 2. The van der Waals surface area contributed by atoms with Gasteiger partial charge in [0.25, 0.3) is 5.91 Å². The topological polar surface area (TPSA) is 88.2 Å². The zero-order valence-electron chi connectivity index (χ0n) is 19.7. The molecular formula is C25H31N3O5S. The van der Waals surface area contributed by atoms with Crippen LogP contribution in [0.3, 0.4) is 0 Å². The third-order valence-electron chi connectivity index (χ3n) is 7.08. The van der Waals surface area contributed by atoms with Gasteiger partial charge in [-0.25, -0.2) is 0 Å². The minimum atomic E-state index is -3.58. The molecule has 2 aromatic carbocycles. The molecule has 1 saturated carbocycles. The van der Waals surface area contributed by atoms with Gasteiger partial charge in [0.2, 0.25) is 0 Å². The van der Waals surface area contributed by atoms with Crippen LogP contribution in [0.1, 0.15) is 27.9 Å². The molecule has 2 unspecified atom stereocenters. The van der Waals surface area contributed by atoms with Gasteiger partial charge in [-0.15, -0.1) is 0 Å². The number of methoxy groups -OCH3 is 1. The zero-order chi connectivity index (χ0) is 24.0. The van der Waals surface area contributed by atoms with Crippen LogP contribution in [0.5, 0.6) is 5.75 Å².